The molecule has 0 N–H and O–H groups in total. The summed E-state index contributed by atoms with van der Waals surface area (Å²) in [6.07, 6.45) is -4.46. The third kappa shape index (κ3) is 6.61. The first kappa shape index (κ1) is 20.6. The van der Waals surface area contributed by atoms with E-state index in [9.17, 15) is 17.6 Å². The molecule has 1 rings (SSSR count). The van der Waals surface area contributed by atoms with Crippen LogP contribution in [0.25, 0.3) is 0 Å². The van der Waals surface area contributed by atoms with Gasteiger partial charge in [0.1, 0.15) is 5.82 Å². The standard InChI is InChI=1S/C7H4F4.2HI.Mg/c8-6-3-1-2-5(4-6)7(9,10)11;;;/h1-4H;2*1H;/q;;;+2/p-2. The van der Waals surface area contributed by atoms with Crippen molar-refractivity contribution in [1.29, 1.82) is 0 Å². The maximum atomic E-state index is 12.2. The van der Waals surface area contributed by atoms with E-state index in [1.807, 2.05) is 0 Å². The van der Waals surface area contributed by atoms with Gasteiger partial charge in [-0.15, -0.1) is 0 Å². The molecule has 14 heavy (non-hydrogen) atoms. The number of benzene rings is 1. The van der Waals surface area contributed by atoms with Crippen molar-refractivity contribution in [1.82, 2.24) is 0 Å². The van der Waals surface area contributed by atoms with Crippen LogP contribution in [0.1, 0.15) is 5.56 Å². The predicted molar refractivity (Wildman–Crippen MR) is 37.2 cm³/mol. The summed E-state index contributed by atoms with van der Waals surface area (Å²) < 4.78 is 47.6. The smallest absolute Gasteiger partial charge is 1.00 e. The molecule has 0 saturated carbocycles. The van der Waals surface area contributed by atoms with E-state index in [0.717, 1.165) is 18.2 Å². The molecule has 0 radical (unpaired) electrons. The van der Waals surface area contributed by atoms with Crippen LogP contribution in [0.5, 0.6) is 0 Å². The van der Waals surface area contributed by atoms with Gasteiger partial charge in [0.05, 0.1) is 5.56 Å². The molecule has 76 valence electrons. The Hall–Kier alpha value is 1.17. The van der Waals surface area contributed by atoms with E-state index in [-0.39, 0.29) is 71.0 Å². The average molecular weight is 442 g/mol. The summed E-state index contributed by atoms with van der Waals surface area (Å²) in [5.41, 5.74) is -0.961. The fraction of sp³-hybridized carbons (Fsp3) is 0.143. The molecule has 0 unspecified atom stereocenters. The zero-order valence-corrected chi connectivity index (χ0v) is 12.5. The van der Waals surface area contributed by atoms with Crippen molar-refractivity contribution in [2.24, 2.45) is 0 Å². The van der Waals surface area contributed by atoms with Crippen LogP contribution in [0, 0.1) is 5.82 Å². The summed E-state index contributed by atoms with van der Waals surface area (Å²) >= 11 is 0. The molecule has 0 nitrogen and oxygen atoms in total. The van der Waals surface area contributed by atoms with Gasteiger partial charge in [0, 0.05) is 0 Å². The van der Waals surface area contributed by atoms with Gasteiger partial charge in [0.25, 0.3) is 0 Å². The number of hydrogen-bond acceptors (Lipinski definition) is 0. The van der Waals surface area contributed by atoms with Crippen molar-refractivity contribution in [2.75, 3.05) is 0 Å². The van der Waals surface area contributed by atoms with Gasteiger partial charge in [-0.3, -0.25) is 0 Å². The number of halogens is 6. The van der Waals surface area contributed by atoms with Gasteiger partial charge in [-0.05, 0) is 18.2 Å². The Bertz CT molecular complexity index is 264. The third-order valence-electron chi connectivity index (χ3n) is 1.15. The second-order valence-electron chi connectivity index (χ2n) is 2.01. The minimum absolute atomic E-state index is 0. The molecule has 1 aromatic carbocycles. The summed E-state index contributed by atoms with van der Waals surface area (Å²) in [6.45, 7) is 0. The topological polar surface area (TPSA) is 0 Å². The van der Waals surface area contributed by atoms with Gasteiger partial charge in [-0.1, -0.05) is 6.07 Å². The van der Waals surface area contributed by atoms with Crippen molar-refractivity contribution >= 4 is 23.1 Å². The van der Waals surface area contributed by atoms with Crippen LogP contribution in [-0.2, 0) is 6.18 Å². The van der Waals surface area contributed by atoms with Crippen LogP contribution in [-0.4, -0.2) is 23.1 Å². The number of rotatable bonds is 0. The monoisotopic (exact) mass is 442 g/mol. The van der Waals surface area contributed by atoms with Crippen molar-refractivity contribution in [2.45, 2.75) is 6.18 Å². The van der Waals surface area contributed by atoms with Gasteiger partial charge in [-0.25, -0.2) is 4.39 Å². The summed E-state index contributed by atoms with van der Waals surface area (Å²) in [6, 6.07) is 3.27. The zero-order chi connectivity index (χ0) is 8.48. The molecule has 0 bridgehead atoms. The van der Waals surface area contributed by atoms with E-state index in [0.29, 0.717) is 6.07 Å². The molecular weight excluding hydrogens is 438 g/mol. The van der Waals surface area contributed by atoms with Gasteiger partial charge >= 0.3 is 29.2 Å². The van der Waals surface area contributed by atoms with Gasteiger partial charge in [-0.2, -0.15) is 13.2 Å². The Morgan fingerprint density at radius 3 is 1.79 bits per heavy atom. The Balaban J connectivity index is -0.000000403. The third-order valence-corrected chi connectivity index (χ3v) is 1.15. The first-order valence-electron chi connectivity index (χ1n) is 2.83. The van der Waals surface area contributed by atoms with Crippen molar-refractivity contribution in [3.63, 3.8) is 0 Å². The summed E-state index contributed by atoms with van der Waals surface area (Å²) in [5.74, 6) is -0.875. The Kier molecular flexibility index (Phi) is 12.2. The molecular formula is C7H4F4I2Mg. The second-order valence-corrected chi connectivity index (χ2v) is 2.01. The van der Waals surface area contributed by atoms with Crippen LogP contribution in [0.15, 0.2) is 24.3 Å². The Morgan fingerprint density at radius 2 is 1.50 bits per heavy atom. The molecule has 0 spiro atoms. The first-order valence-corrected chi connectivity index (χ1v) is 2.83. The Morgan fingerprint density at radius 1 is 1.00 bits per heavy atom. The molecule has 0 aromatic heterocycles. The van der Waals surface area contributed by atoms with E-state index in [2.05, 4.69) is 0 Å². The summed E-state index contributed by atoms with van der Waals surface area (Å²) in [7, 11) is 0. The minimum atomic E-state index is -4.46. The maximum absolute atomic E-state index is 12.2. The van der Waals surface area contributed by atoms with E-state index >= 15 is 0 Å². The van der Waals surface area contributed by atoms with Crippen molar-refractivity contribution < 1.29 is 65.5 Å². The van der Waals surface area contributed by atoms with Gasteiger partial charge < -0.3 is 48.0 Å². The molecule has 0 fully saturated rings. The average Bonchev–Trinajstić information content (AvgIpc) is 1.86. The van der Waals surface area contributed by atoms with Crippen LogP contribution in [0.3, 0.4) is 0 Å². The minimum Gasteiger partial charge on any atom is -1.00 e. The first-order chi connectivity index (χ1) is 5.00. The quantitative estimate of drug-likeness (QED) is 0.222. The molecule has 0 saturated heterocycles. The van der Waals surface area contributed by atoms with Crippen molar-refractivity contribution in [3.05, 3.63) is 35.6 Å². The molecule has 0 aliphatic carbocycles. The van der Waals surface area contributed by atoms with Gasteiger partial charge in [0.2, 0.25) is 0 Å². The predicted octanol–water partition coefficient (Wildman–Crippen LogP) is -3.53. The SMILES string of the molecule is Fc1cccc(C(F)(F)F)c1.[I-].[I-].[Mg+2]. The normalized spacial score (nSPS) is 9.14. The fourth-order valence-electron chi connectivity index (χ4n) is 0.665. The number of alkyl halides is 3. The van der Waals surface area contributed by atoms with Crippen LogP contribution < -0.4 is 48.0 Å². The van der Waals surface area contributed by atoms with E-state index < -0.39 is 17.6 Å². The molecule has 0 amide bonds. The van der Waals surface area contributed by atoms with Crippen molar-refractivity contribution in [3.8, 4) is 0 Å². The second kappa shape index (κ2) is 8.33. The van der Waals surface area contributed by atoms with Gasteiger partial charge in [0.15, 0.2) is 0 Å². The fourth-order valence-corrected chi connectivity index (χ4v) is 0.665. The largest absolute Gasteiger partial charge is 2.00 e. The van der Waals surface area contributed by atoms with E-state index in [1.165, 1.54) is 0 Å². The van der Waals surface area contributed by atoms with E-state index in [1.54, 1.807) is 0 Å². The zero-order valence-electron chi connectivity index (χ0n) is 6.78. The molecule has 0 heterocycles. The molecule has 0 aliphatic rings. The van der Waals surface area contributed by atoms with Crippen LogP contribution in [0.4, 0.5) is 17.6 Å². The summed E-state index contributed by atoms with van der Waals surface area (Å²) in [4.78, 5) is 0. The molecule has 1 aromatic rings. The van der Waals surface area contributed by atoms with Crippen LogP contribution >= 0.6 is 0 Å². The molecule has 0 aliphatic heterocycles. The van der Waals surface area contributed by atoms with E-state index in [4.69, 9.17) is 0 Å². The Labute approximate surface area is 129 Å². The number of hydrogen-bond donors (Lipinski definition) is 0. The maximum Gasteiger partial charge on any atom is 2.00 e. The summed E-state index contributed by atoms with van der Waals surface area (Å²) in [5, 5.41) is 0. The van der Waals surface area contributed by atoms with Crippen LogP contribution in [0.2, 0.25) is 0 Å². The molecule has 7 heteroatoms. The molecule has 0 atom stereocenters.